The number of rotatable bonds is 5. The Balaban J connectivity index is 1.47. The Labute approximate surface area is 146 Å². The summed E-state index contributed by atoms with van der Waals surface area (Å²) in [6, 6.07) is 13.7. The molecule has 0 saturated heterocycles. The second-order valence-electron chi connectivity index (χ2n) is 6.29. The van der Waals surface area contributed by atoms with Crippen molar-refractivity contribution in [3.8, 4) is 5.88 Å². The van der Waals surface area contributed by atoms with Crippen LogP contribution in [0.25, 0.3) is 10.9 Å². The number of amides is 1. The van der Waals surface area contributed by atoms with Gasteiger partial charge < -0.3 is 10.1 Å². The van der Waals surface area contributed by atoms with Crippen molar-refractivity contribution in [1.82, 2.24) is 15.3 Å². The Hall–Kier alpha value is -2.95. The van der Waals surface area contributed by atoms with E-state index in [4.69, 9.17) is 4.74 Å². The van der Waals surface area contributed by atoms with Crippen LogP contribution in [0.1, 0.15) is 23.5 Å². The minimum absolute atomic E-state index is 0.0409. The molecule has 2 heterocycles. The van der Waals surface area contributed by atoms with E-state index in [9.17, 15) is 4.79 Å². The third kappa shape index (κ3) is 3.18. The van der Waals surface area contributed by atoms with Crippen molar-refractivity contribution in [2.24, 2.45) is 5.92 Å². The highest BCUT2D eigenvalue weighted by Gasteiger charge is 2.43. The zero-order valence-electron chi connectivity index (χ0n) is 14.0. The average Bonchev–Trinajstić information content (AvgIpc) is 3.47. The van der Waals surface area contributed by atoms with Gasteiger partial charge in [0.1, 0.15) is 0 Å². The van der Waals surface area contributed by atoms with Crippen molar-refractivity contribution in [3.05, 3.63) is 66.0 Å². The molecule has 25 heavy (non-hydrogen) atoms. The molecule has 1 aromatic carbocycles. The monoisotopic (exact) mass is 333 g/mol. The molecule has 0 aliphatic heterocycles. The van der Waals surface area contributed by atoms with Crippen LogP contribution in [-0.2, 0) is 11.3 Å². The molecule has 0 bridgehead atoms. The summed E-state index contributed by atoms with van der Waals surface area (Å²) in [6.07, 6.45) is 4.49. The van der Waals surface area contributed by atoms with E-state index < -0.39 is 0 Å². The zero-order valence-corrected chi connectivity index (χ0v) is 14.0. The van der Waals surface area contributed by atoms with Gasteiger partial charge in [0.15, 0.2) is 0 Å². The number of carbonyl (C=O) groups excluding carboxylic acids is 1. The van der Waals surface area contributed by atoms with Gasteiger partial charge in [-0.15, -0.1) is 0 Å². The van der Waals surface area contributed by atoms with Gasteiger partial charge in [0, 0.05) is 36.3 Å². The molecule has 2 aromatic heterocycles. The minimum atomic E-state index is 0.0409. The largest absolute Gasteiger partial charge is 0.481 e. The highest BCUT2D eigenvalue weighted by molar-refractivity contribution is 5.85. The highest BCUT2D eigenvalue weighted by atomic mass is 16.5. The predicted octanol–water partition coefficient (Wildman–Crippen LogP) is 3.06. The van der Waals surface area contributed by atoms with Gasteiger partial charge in [-0.3, -0.25) is 9.78 Å². The second kappa shape index (κ2) is 6.51. The summed E-state index contributed by atoms with van der Waals surface area (Å²) < 4.78 is 5.27. The molecule has 2 atom stereocenters. The third-order valence-corrected chi connectivity index (χ3v) is 4.68. The van der Waals surface area contributed by atoms with Gasteiger partial charge in [0.05, 0.1) is 12.6 Å². The van der Waals surface area contributed by atoms with Crippen LogP contribution >= 0.6 is 0 Å². The van der Waals surface area contributed by atoms with Crippen molar-refractivity contribution in [2.45, 2.75) is 18.9 Å². The van der Waals surface area contributed by atoms with E-state index in [1.54, 1.807) is 13.3 Å². The van der Waals surface area contributed by atoms with E-state index >= 15 is 0 Å². The minimum Gasteiger partial charge on any atom is -0.481 e. The lowest BCUT2D eigenvalue weighted by Crippen LogP contribution is -2.25. The number of nitrogens with one attached hydrogen (secondary N) is 1. The van der Waals surface area contributed by atoms with Gasteiger partial charge in [-0.25, -0.2) is 4.98 Å². The quantitative estimate of drug-likeness (QED) is 0.779. The van der Waals surface area contributed by atoms with Gasteiger partial charge in [0.2, 0.25) is 11.8 Å². The number of benzene rings is 1. The molecule has 5 heteroatoms. The fourth-order valence-electron chi connectivity index (χ4n) is 3.23. The lowest BCUT2D eigenvalue weighted by molar-refractivity contribution is -0.122. The van der Waals surface area contributed by atoms with Crippen molar-refractivity contribution in [3.63, 3.8) is 0 Å². The lowest BCUT2D eigenvalue weighted by Gasteiger charge is -2.10. The van der Waals surface area contributed by atoms with Crippen molar-refractivity contribution in [2.75, 3.05) is 7.11 Å². The summed E-state index contributed by atoms with van der Waals surface area (Å²) in [5.41, 5.74) is 3.01. The van der Waals surface area contributed by atoms with Gasteiger partial charge in [0.25, 0.3) is 0 Å². The van der Waals surface area contributed by atoms with E-state index in [2.05, 4.69) is 15.3 Å². The van der Waals surface area contributed by atoms with Crippen LogP contribution in [0.2, 0.25) is 0 Å². The number of ether oxygens (including phenoxy) is 1. The average molecular weight is 333 g/mol. The molecule has 0 spiro atoms. The van der Waals surface area contributed by atoms with Crippen LogP contribution in [0.5, 0.6) is 5.88 Å². The number of hydrogen-bond donors (Lipinski definition) is 1. The SMILES string of the molecule is COc1cc(CNC(=O)[C@H]2C[C@H]2c2cccnc2)c2ccccc2n1. The van der Waals surface area contributed by atoms with Gasteiger partial charge >= 0.3 is 0 Å². The molecule has 126 valence electrons. The van der Waals surface area contributed by atoms with Crippen LogP contribution in [-0.4, -0.2) is 23.0 Å². The first-order valence-electron chi connectivity index (χ1n) is 8.36. The van der Waals surface area contributed by atoms with Crippen LogP contribution in [0.15, 0.2) is 54.9 Å². The number of fused-ring (bicyclic) bond motifs is 1. The number of carbonyl (C=O) groups is 1. The molecule has 1 N–H and O–H groups in total. The standard InChI is InChI=1S/C20H19N3O2/c1-25-19-9-14(15-6-2-3-7-18(15)23-19)12-22-20(24)17-10-16(17)13-5-4-8-21-11-13/h2-9,11,16-17H,10,12H2,1H3,(H,22,24)/t16-,17-/m0/s1. The zero-order chi connectivity index (χ0) is 17.2. The number of nitrogens with zero attached hydrogens (tertiary/aromatic N) is 2. The summed E-state index contributed by atoms with van der Waals surface area (Å²) in [6.45, 7) is 0.467. The van der Waals surface area contributed by atoms with E-state index in [0.29, 0.717) is 12.4 Å². The molecule has 0 unspecified atom stereocenters. The number of aromatic nitrogens is 2. The molecule has 1 saturated carbocycles. The summed E-state index contributed by atoms with van der Waals surface area (Å²) in [5, 5.41) is 4.09. The first-order chi connectivity index (χ1) is 12.3. The summed E-state index contributed by atoms with van der Waals surface area (Å²) >= 11 is 0. The maximum Gasteiger partial charge on any atom is 0.224 e. The normalized spacial score (nSPS) is 18.8. The molecule has 5 nitrogen and oxygen atoms in total. The van der Waals surface area contributed by atoms with Crippen LogP contribution in [0, 0.1) is 5.92 Å². The second-order valence-corrected chi connectivity index (χ2v) is 6.29. The molecule has 1 amide bonds. The third-order valence-electron chi connectivity index (χ3n) is 4.68. The molecular weight excluding hydrogens is 314 g/mol. The highest BCUT2D eigenvalue weighted by Crippen LogP contribution is 2.47. The lowest BCUT2D eigenvalue weighted by atomic mass is 10.1. The Kier molecular flexibility index (Phi) is 4.06. The van der Waals surface area contributed by atoms with Crippen LogP contribution in [0.3, 0.4) is 0 Å². The van der Waals surface area contributed by atoms with E-state index in [0.717, 1.165) is 28.5 Å². The number of hydrogen-bond acceptors (Lipinski definition) is 4. The first kappa shape index (κ1) is 15.6. The molecule has 1 aliphatic rings. The van der Waals surface area contributed by atoms with Crippen LogP contribution < -0.4 is 10.1 Å². The molecule has 0 radical (unpaired) electrons. The molecule has 1 aliphatic carbocycles. The molecular formula is C20H19N3O2. The smallest absolute Gasteiger partial charge is 0.224 e. The van der Waals surface area contributed by atoms with Crippen molar-refractivity contribution < 1.29 is 9.53 Å². The van der Waals surface area contributed by atoms with Gasteiger partial charge in [-0.05, 0) is 35.6 Å². The Morgan fingerprint density at radius 3 is 2.96 bits per heavy atom. The van der Waals surface area contributed by atoms with Crippen LogP contribution in [0.4, 0.5) is 0 Å². The Morgan fingerprint density at radius 1 is 1.28 bits per heavy atom. The maximum absolute atomic E-state index is 12.5. The molecule has 3 aromatic rings. The van der Waals surface area contributed by atoms with E-state index in [1.165, 1.54) is 0 Å². The maximum atomic E-state index is 12.5. The van der Waals surface area contributed by atoms with E-state index in [-0.39, 0.29) is 17.7 Å². The fourth-order valence-corrected chi connectivity index (χ4v) is 3.23. The van der Waals surface area contributed by atoms with Crippen molar-refractivity contribution in [1.29, 1.82) is 0 Å². The Morgan fingerprint density at radius 2 is 2.16 bits per heavy atom. The summed E-state index contributed by atoms with van der Waals surface area (Å²) in [7, 11) is 1.60. The van der Waals surface area contributed by atoms with Gasteiger partial charge in [-0.1, -0.05) is 24.3 Å². The first-order valence-corrected chi connectivity index (χ1v) is 8.36. The van der Waals surface area contributed by atoms with E-state index in [1.807, 2.05) is 48.7 Å². The molecule has 1 fully saturated rings. The topological polar surface area (TPSA) is 64.1 Å². The summed E-state index contributed by atoms with van der Waals surface area (Å²) in [5.74, 6) is 0.980. The Bertz CT molecular complexity index is 911. The summed E-state index contributed by atoms with van der Waals surface area (Å²) in [4.78, 5) is 21.0. The predicted molar refractivity (Wildman–Crippen MR) is 95.2 cm³/mol. The molecule has 4 rings (SSSR count). The number of methoxy groups -OCH3 is 1. The number of pyridine rings is 2. The van der Waals surface area contributed by atoms with Crippen molar-refractivity contribution >= 4 is 16.8 Å². The fraction of sp³-hybridized carbons (Fsp3) is 0.250. The number of para-hydroxylation sites is 1. The van der Waals surface area contributed by atoms with Gasteiger partial charge in [-0.2, -0.15) is 0 Å².